The van der Waals surface area contributed by atoms with E-state index in [4.69, 9.17) is 16.3 Å². The van der Waals surface area contributed by atoms with Gasteiger partial charge in [-0.15, -0.1) is 0 Å². The van der Waals surface area contributed by atoms with Gasteiger partial charge in [-0.1, -0.05) is 11.6 Å². The molecule has 1 saturated heterocycles. The molecule has 0 radical (unpaired) electrons. The van der Waals surface area contributed by atoms with Gasteiger partial charge in [0, 0.05) is 18.6 Å². The molecule has 1 aromatic rings. The molecule has 0 spiro atoms. The molecule has 1 fully saturated rings. The summed E-state index contributed by atoms with van der Waals surface area (Å²) >= 11 is 5.92. The van der Waals surface area contributed by atoms with Crippen molar-refractivity contribution in [2.24, 2.45) is 0 Å². The predicted molar refractivity (Wildman–Crippen MR) is 96.9 cm³/mol. The Morgan fingerprint density at radius 1 is 1.32 bits per heavy atom. The smallest absolute Gasteiger partial charge is 0.410 e. The number of hydrogen-bond donors (Lipinski definition) is 1. The molecule has 25 heavy (non-hydrogen) atoms. The van der Waals surface area contributed by atoms with Gasteiger partial charge in [-0.3, -0.25) is 4.79 Å². The summed E-state index contributed by atoms with van der Waals surface area (Å²) in [5.74, 6) is -0.283. The number of piperidine rings is 1. The van der Waals surface area contributed by atoms with Crippen molar-refractivity contribution in [3.63, 3.8) is 0 Å². The SMILES string of the molecule is Cc1cc(Cl)nc(C(=O)NC2CCC(C)N(C(=O)OC(C)(C)C)C2)c1. The van der Waals surface area contributed by atoms with Crippen LogP contribution in [0.5, 0.6) is 0 Å². The Morgan fingerprint density at radius 2 is 2.00 bits per heavy atom. The molecule has 0 bridgehead atoms. The first-order valence-electron chi connectivity index (χ1n) is 8.50. The number of amides is 2. The Bertz CT molecular complexity index is 637. The lowest BCUT2D eigenvalue weighted by molar-refractivity contribution is 0.00820. The third-order valence-electron chi connectivity index (χ3n) is 4.02. The number of aromatic nitrogens is 1. The number of nitrogens with zero attached hydrogens (tertiary/aromatic N) is 2. The molecule has 6 nitrogen and oxygen atoms in total. The summed E-state index contributed by atoms with van der Waals surface area (Å²) in [6, 6.07) is 3.33. The van der Waals surface area contributed by atoms with Gasteiger partial charge in [-0.05, 0) is 65.2 Å². The lowest BCUT2D eigenvalue weighted by atomic mass is 9.99. The second-order valence-corrected chi connectivity index (χ2v) is 7.97. The van der Waals surface area contributed by atoms with Crippen LogP contribution in [0.25, 0.3) is 0 Å². The zero-order chi connectivity index (χ0) is 18.8. The molecular formula is C18H26ClN3O3. The molecule has 7 heteroatoms. The van der Waals surface area contributed by atoms with Crippen molar-refractivity contribution in [1.82, 2.24) is 15.2 Å². The third kappa shape index (κ3) is 5.59. The van der Waals surface area contributed by atoms with E-state index in [1.54, 1.807) is 17.0 Å². The van der Waals surface area contributed by atoms with Crippen LogP contribution >= 0.6 is 11.6 Å². The number of pyridine rings is 1. The summed E-state index contributed by atoms with van der Waals surface area (Å²) in [7, 11) is 0. The maximum atomic E-state index is 12.4. The normalized spacial score (nSPS) is 21.0. The van der Waals surface area contributed by atoms with Crippen LogP contribution in [-0.2, 0) is 4.74 Å². The number of carbonyl (C=O) groups is 2. The van der Waals surface area contributed by atoms with E-state index >= 15 is 0 Å². The molecule has 2 atom stereocenters. The van der Waals surface area contributed by atoms with Gasteiger partial charge in [0.1, 0.15) is 16.4 Å². The van der Waals surface area contributed by atoms with E-state index in [2.05, 4.69) is 10.3 Å². The van der Waals surface area contributed by atoms with Gasteiger partial charge in [0.05, 0.1) is 0 Å². The summed E-state index contributed by atoms with van der Waals surface area (Å²) in [6.07, 6.45) is 1.24. The summed E-state index contributed by atoms with van der Waals surface area (Å²) in [4.78, 5) is 30.6. The molecule has 0 saturated carbocycles. The van der Waals surface area contributed by atoms with Gasteiger partial charge in [0.2, 0.25) is 0 Å². The van der Waals surface area contributed by atoms with E-state index < -0.39 is 5.60 Å². The maximum absolute atomic E-state index is 12.4. The second-order valence-electron chi connectivity index (χ2n) is 7.58. The summed E-state index contributed by atoms with van der Waals surface area (Å²) in [5, 5.41) is 3.24. The van der Waals surface area contributed by atoms with Crippen LogP contribution < -0.4 is 5.32 Å². The summed E-state index contributed by atoms with van der Waals surface area (Å²) in [6.45, 7) is 9.78. The van der Waals surface area contributed by atoms with Crippen LogP contribution in [0.2, 0.25) is 5.15 Å². The van der Waals surface area contributed by atoms with E-state index in [0.717, 1.165) is 18.4 Å². The van der Waals surface area contributed by atoms with Crippen molar-refractivity contribution in [2.45, 2.75) is 65.1 Å². The third-order valence-corrected chi connectivity index (χ3v) is 4.21. The number of halogens is 1. The lowest BCUT2D eigenvalue weighted by Crippen LogP contribution is -2.54. The Kier molecular flexibility index (Phi) is 5.93. The van der Waals surface area contributed by atoms with Crippen molar-refractivity contribution in [2.75, 3.05) is 6.54 Å². The van der Waals surface area contributed by atoms with Gasteiger partial charge < -0.3 is 15.0 Å². The quantitative estimate of drug-likeness (QED) is 0.811. The van der Waals surface area contributed by atoms with E-state index in [1.165, 1.54) is 0 Å². The van der Waals surface area contributed by atoms with Crippen LogP contribution in [0, 0.1) is 6.92 Å². The molecule has 2 rings (SSSR count). The molecule has 0 aromatic carbocycles. The first-order valence-corrected chi connectivity index (χ1v) is 8.87. The van der Waals surface area contributed by atoms with Crippen LogP contribution in [-0.4, -0.2) is 46.1 Å². The summed E-state index contributed by atoms with van der Waals surface area (Å²) < 4.78 is 5.46. The molecular weight excluding hydrogens is 342 g/mol. The molecule has 0 aliphatic carbocycles. The minimum absolute atomic E-state index is 0.0783. The van der Waals surface area contributed by atoms with Crippen molar-refractivity contribution < 1.29 is 14.3 Å². The topological polar surface area (TPSA) is 71.5 Å². The van der Waals surface area contributed by atoms with E-state index in [9.17, 15) is 9.59 Å². The predicted octanol–water partition coefficient (Wildman–Crippen LogP) is 3.56. The fraction of sp³-hybridized carbons (Fsp3) is 0.611. The first-order chi connectivity index (χ1) is 11.5. The Morgan fingerprint density at radius 3 is 2.60 bits per heavy atom. The van der Waals surface area contributed by atoms with Crippen LogP contribution in [0.1, 0.15) is 56.6 Å². The monoisotopic (exact) mass is 367 g/mol. The van der Waals surface area contributed by atoms with Gasteiger partial charge in [-0.25, -0.2) is 9.78 Å². The minimum atomic E-state index is -0.546. The Balaban J connectivity index is 2.03. The standard InChI is InChI=1S/C18H26ClN3O3/c1-11-8-14(21-15(19)9-11)16(23)20-13-7-6-12(2)22(10-13)17(24)25-18(3,4)5/h8-9,12-13H,6-7,10H2,1-5H3,(H,20,23). The molecule has 1 aromatic heterocycles. The van der Waals surface area contributed by atoms with Crippen LogP contribution in [0.4, 0.5) is 4.79 Å². The van der Waals surface area contributed by atoms with Crippen molar-refractivity contribution >= 4 is 23.6 Å². The zero-order valence-corrected chi connectivity index (χ0v) is 16.2. The van der Waals surface area contributed by atoms with E-state index in [0.29, 0.717) is 6.54 Å². The lowest BCUT2D eigenvalue weighted by Gasteiger charge is -2.38. The summed E-state index contributed by atoms with van der Waals surface area (Å²) in [5.41, 5.74) is 0.611. The molecule has 2 unspecified atom stereocenters. The van der Waals surface area contributed by atoms with Crippen molar-refractivity contribution in [3.05, 3.63) is 28.5 Å². The van der Waals surface area contributed by atoms with E-state index in [1.807, 2.05) is 34.6 Å². The number of ether oxygens (including phenoxy) is 1. The fourth-order valence-electron chi connectivity index (χ4n) is 2.80. The average Bonchev–Trinajstić information content (AvgIpc) is 2.46. The highest BCUT2D eigenvalue weighted by atomic mass is 35.5. The molecule has 1 aliphatic rings. The number of aryl methyl sites for hydroxylation is 1. The number of nitrogens with one attached hydrogen (secondary N) is 1. The van der Waals surface area contributed by atoms with Gasteiger partial charge in [0.25, 0.3) is 5.91 Å². The van der Waals surface area contributed by atoms with Gasteiger partial charge in [-0.2, -0.15) is 0 Å². The number of carbonyl (C=O) groups excluding carboxylic acids is 2. The number of likely N-dealkylation sites (tertiary alicyclic amines) is 1. The molecule has 1 aliphatic heterocycles. The molecule has 2 heterocycles. The van der Waals surface area contributed by atoms with Crippen molar-refractivity contribution in [1.29, 1.82) is 0 Å². The minimum Gasteiger partial charge on any atom is -0.444 e. The van der Waals surface area contributed by atoms with Gasteiger partial charge >= 0.3 is 6.09 Å². The highest BCUT2D eigenvalue weighted by Crippen LogP contribution is 2.21. The fourth-order valence-corrected chi connectivity index (χ4v) is 3.06. The average molecular weight is 368 g/mol. The first kappa shape index (κ1) is 19.5. The maximum Gasteiger partial charge on any atom is 0.410 e. The molecule has 2 amide bonds. The largest absolute Gasteiger partial charge is 0.444 e. The highest BCUT2D eigenvalue weighted by Gasteiger charge is 2.32. The highest BCUT2D eigenvalue weighted by molar-refractivity contribution is 6.29. The molecule has 1 N–H and O–H groups in total. The van der Waals surface area contributed by atoms with Gasteiger partial charge in [0.15, 0.2) is 0 Å². The van der Waals surface area contributed by atoms with Crippen molar-refractivity contribution in [3.8, 4) is 0 Å². The number of rotatable bonds is 2. The number of hydrogen-bond acceptors (Lipinski definition) is 4. The zero-order valence-electron chi connectivity index (χ0n) is 15.4. The van der Waals surface area contributed by atoms with E-state index in [-0.39, 0.29) is 34.9 Å². The van der Waals surface area contributed by atoms with Crippen LogP contribution in [0.15, 0.2) is 12.1 Å². The Labute approximate surface area is 153 Å². The second kappa shape index (κ2) is 7.60. The molecule has 138 valence electrons. The Hall–Kier alpha value is -1.82. The van der Waals surface area contributed by atoms with Crippen LogP contribution in [0.3, 0.4) is 0 Å².